The van der Waals surface area contributed by atoms with Gasteiger partial charge in [-0.05, 0) is 30.5 Å². The number of aryl methyl sites for hydroxylation is 1. The van der Waals surface area contributed by atoms with E-state index in [1.165, 1.54) is 12.4 Å². The Bertz CT molecular complexity index is 874. The largest absolute Gasteiger partial charge is 0.481 e. The maximum absolute atomic E-state index is 12.9. The average molecular weight is 404 g/mol. The fourth-order valence-corrected chi connectivity index (χ4v) is 2.59. The van der Waals surface area contributed by atoms with Crippen LogP contribution in [0.25, 0.3) is 0 Å². The first-order chi connectivity index (χ1) is 12.6. The molecule has 2 N–H and O–H groups in total. The zero-order valence-corrected chi connectivity index (χ0v) is 14.3. The molecular weight excluding hydrogens is 391 g/mol. The molecule has 7 nitrogen and oxygen atoms in total. The van der Waals surface area contributed by atoms with Gasteiger partial charge < -0.3 is 10.4 Å². The Hall–Kier alpha value is -2.88. The van der Waals surface area contributed by atoms with E-state index in [1.54, 1.807) is 6.07 Å². The Balaban J connectivity index is 2.30. The van der Waals surface area contributed by atoms with Crippen molar-refractivity contribution < 1.29 is 28.0 Å². The number of carbonyl (C=O) groups is 1. The monoisotopic (exact) mass is 403 g/mol. The van der Waals surface area contributed by atoms with Crippen LogP contribution in [0.4, 0.5) is 30.2 Å². The summed E-state index contributed by atoms with van der Waals surface area (Å²) in [4.78, 5) is 24.7. The van der Waals surface area contributed by atoms with Gasteiger partial charge in [0.25, 0.3) is 5.69 Å². The number of alkyl halides is 3. The summed E-state index contributed by atoms with van der Waals surface area (Å²) >= 11 is 5.63. The molecule has 0 saturated heterocycles. The summed E-state index contributed by atoms with van der Waals surface area (Å²) in [5.41, 5.74) is -1.35. The van der Waals surface area contributed by atoms with E-state index >= 15 is 0 Å². The number of nitrogens with zero attached hydrogens (tertiary/aromatic N) is 2. The lowest BCUT2D eigenvalue weighted by Gasteiger charge is -2.13. The van der Waals surface area contributed by atoms with Crippen molar-refractivity contribution >= 4 is 34.6 Å². The van der Waals surface area contributed by atoms with Crippen LogP contribution in [0, 0.1) is 10.1 Å². The molecule has 144 valence electrons. The highest BCUT2D eigenvalue weighted by Gasteiger charge is 2.36. The predicted molar refractivity (Wildman–Crippen MR) is 91.2 cm³/mol. The first-order valence-electron chi connectivity index (χ1n) is 7.56. The standard InChI is InChI=1S/C16H13ClF3N3O4/c17-12-6-13(14(23(26)27)5-11(12)16(18,19)20)22-10-4-9(7-21-8-10)2-1-3-15(24)25/h4-8,22H,1-3H2,(H,24,25). The molecule has 11 heteroatoms. The maximum atomic E-state index is 12.9. The highest BCUT2D eigenvalue weighted by atomic mass is 35.5. The lowest BCUT2D eigenvalue weighted by molar-refractivity contribution is -0.384. The van der Waals surface area contributed by atoms with Crippen LogP contribution in [-0.2, 0) is 17.4 Å². The number of hydrogen-bond donors (Lipinski definition) is 2. The Labute approximate surface area is 155 Å². The van der Waals surface area contributed by atoms with E-state index in [1.807, 2.05) is 0 Å². The van der Waals surface area contributed by atoms with Crippen molar-refractivity contribution in [3.05, 3.63) is 56.9 Å². The molecule has 0 fully saturated rings. The molecule has 0 aliphatic carbocycles. The number of carboxylic acid groups (broad SMARTS) is 1. The van der Waals surface area contributed by atoms with Crippen molar-refractivity contribution in [2.75, 3.05) is 5.32 Å². The molecule has 0 bridgehead atoms. The van der Waals surface area contributed by atoms with Gasteiger partial charge >= 0.3 is 12.1 Å². The lowest BCUT2D eigenvalue weighted by atomic mass is 10.1. The van der Waals surface area contributed by atoms with Crippen molar-refractivity contribution in [2.45, 2.75) is 25.4 Å². The molecule has 0 radical (unpaired) electrons. The second kappa shape index (κ2) is 8.21. The van der Waals surface area contributed by atoms with Gasteiger partial charge in [-0.3, -0.25) is 19.9 Å². The van der Waals surface area contributed by atoms with Gasteiger partial charge in [0, 0.05) is 18.7 Å². The van der Waals surface area contributed by atoms with E-state index < -0.39 is 33.3 Å². The topological polar surface area (TPSA) is 105 Å². The van der Waals surface area contributed by atoms with Crippen LogP contribution in [0.15, 0.2) is 30.6 Å². The molecule has 2 rings (SSSR count). The Morgan fingerprint density at radius 1 is 1.30 bits per heavy atom. The Morgan fingerprint density at radius 3 is 2.59 bits per heavy atom. The van der Waals surface area contributed by atoms with E-state index in [9.17, 15) is 28.1 Å². The van der Waals surface area contributed by atoms with Crippen molar-refractivity contribution in [3.8, 4) is 0 Å². The normalized spacial score (nSPS) is 11.3. The van der Waals surface area contributed by atoms with Crippen LogP contribution in [0.2, 0.25) is 5.02 Å². The highest BCUT2D eigenvalue weighted by molar-refractivity contribution is 6.31. The summed E-state index contributed by atoms with van der Waals surface area (Å²) in [5, 5.41) is 21.8. The second-order valence-electron chi connectivity index (χ2n) is 5.56. The molecule has 0 atom stereocenters. The number of aliphatic carboxylic acids is 1. The van der Waals surface area contributed by atoms with E-state index in [2.05, 4.69) is 10.3 Å². The molecular formula is C16H13ClF3N3O4. The number of halogens is 4. The van der Waals surface area contributed by atoms with Crippen molar-refractivity contribution in [1.29, 1.82) is 0 Å². The fraction of sp³-hybridized carbons (Fsp3) is 0.250. The van der Waals surface area contributed by atoms with Gasteiger partial charge in [-0.15, -0.1) is 0 Å². The molecule has 1 aromatic heterocycles. The zero-order valence-electron chi connectivity index (χ0n) is 13.6. The van der Waals surface area contributed by atoms with Crippen LogP contribution in [0.1, 0.15) is 24.0 Å². The van der Waals surface area contributed by atoms with E-state index in [4.69, 9.17) is 16.7 Å². The molecule has 0 aliphatic heterocycles. The SMILES string of the molecule is O=C(O)CCCc1cncc(Nc2cc(Cl)c(C(F)(F)F)cc2[N+](=O)[O-])c1. The van der Waals surface area contributed by atoms with E-state index in [0.29, 0.717) is 30.2 Å². The lowest BCUT2D eigenvalue weighted by Crippen LogP contribution is -2.08. The van der Waals surface area contributed by atoms with Crippen LogP contribution in [0.5, 0.6) is 0 Å². The number of nitrogens with one attached hydrogen (secondary N) is 1. The summed E-state index contributed by atoms with van der Waals surface area (Å²) in [7, 11) is 0. The summed E-state index contributed by atoms with van der Waals surface area (Å²) in [6.07, 6.45) is -1.25. The van der Waals surface area contributed by atoms with Crippen molar-refractivity contribution in [2.24, 2.45) is 0 Å². The third kappa shape index (κ3) is 5.55. The van der Waals surface area contributed by atoms with Gasteiger partial charge in [-0.25, -0.2) is 0 Å². The third-order valence-corrected chi connectivity index (χ3v) is 3.83. The van der Waals surface area contributed by atoms with Gasteiger partial charge in [-0.2, -0.15) is 13.2 Å². The molecule has 0 unspecified atom stereocenters. The van der Waals surface area contributed by atoms with Crippen LogP contribution >= 0.6 is 11.6 Å². The number of nitro groups is 1. The average Bonchev–Trinajstić information content (AvgIpc) is 2.53. The molecule has 27 heavy (non-hydrogen) atoms. The number of benzene rings is 1. The number of anilines is 2. The number of hydrogen-bond acceptors (Lipinski definition) is 5. The smallest absolute Gasteiger partial charge is 0.418 e. The van der Waals surface area contributed by atoms with Crippen molar-refractivity contribution in [3.63, 3.8) is 0 Å². The van der Waals surface area contributed by atoms with E-state index in [0.717, 1.165) is 6.07 Å². The predicted octanol–water partition coefficient (Wildman–Crippen LogP) is 4.81. The summed E-state index contributed by atoms with van der Waals surface area (Å²) in [6, 6.07) is 2.78. The van der Waals surface area contributed by atoms with Crippen LogP contribution in [-0.4, -0.2) is 21.0 Å². The highest BCUT2D eigenvalue weighted by Crippen LogP contribution is 2.41. The number of rotatable bonds is 7. The quantitative estimate of drug-likeness (QED) is 0.507. The molecule has 2 aromatic rings. The minimum atomic E-state index is -4.83. The number of carboxylic acids is 1. The molecule has 1 aromatic carbocycles. The molecule has 0 aliphatic rings. The fourth-order valence-electron chi connectivity index (χ4n) is 2.32. The van der Waals surface area contributed by atoms with Crippen LogP contribution in [0.3, 0.4) is 0 Å². The Morgan fingerprint density at radius 2 is 2.00 bits per heavy atom. The number of aromatic nitrogens is 1. The molecule has 0 spiro atoms. The zero-order chi connectivity index (χ0) is 20.2. The molecule has 1 heterocycles. The summed E-state index contributed by atoms with van der Waals surface area (Å²) in [6.45, 7) is 0. The van der Waals surface area contributed by atoms with Gasteiger partial charge in [0.1, 0.15) is 5.69 Å². The van der Waals surface area contributed by atoms with Gasteiger partial charge in [0.15, 0.2) is 0 Å². The summed E-state index contributed by atoms with van der Waals surface area (Å²) in [5.74, 6) is -0.938. The number of nitro benzene ring substituents is 1. The van der Waals surface area contributed by atoms with E-state index in [-0.39, 0.29) is 12.1 Å². The minimum Gasteiger partial charge on any atom is -0.481 e. The maximum Gasteiger partial charge on any atom is 0.418 e. The number of pyridine rings is 1. The van der Waals surface area contributed by atoms with Gasteiger partial charge in [0.05, 0.1) is 27.4 Å². The first kappa shape index (κ1) is 20.4. The van der Waals surface area contributed by atoms with Gasteiger partial charge in [-0.1, -0.05) is 11.6 Å². The molecule has 0 saturated carbocycles. The molecule has 0 amide bonds. The first-order valence-corrected chi connectivity index (χ1v) is 7.93. The second-order valence-corrected chi connectivity index (χ2v) is 5.97. The third-order valence-electron chi connectivity index (χ3n) is 3.52. The minimum absolute atomic E-state index is 0.0301. The summed E-state index contributed by atoms with van der Waals surface area (Å²) < 4.78 is 38.7. The Kier molecular flexibility index (Phi) is 6.21. The van der Waals surface area contributed by atoms with Crippen LogP contribution < -0.4 is 5.32 Å². The van der Waals surface area contributed by atoms with Gasteiger partial charge in [0.2, 0.25) is 0 Å². The van der Waals surface area contributed by atoms with Crippen molar-refractivity contribution in [1.82, 2.24) is 4.98 Å².